The molecule has 3 N–H and O–H groups in total. The second-order valence-electron chi connectivity index (χ2n) is 5.48. The quantitative estimate of drug-likeness (QED) is 0.623. The minimum atomic E-state index is -3.69. The van der Waals surface area contributed by atoms with E-state index in [9.17, 15) is 23.1 Å². The molecule has 0 heterocycles. The van der Waals surface area contributed by atoms with Crippen molar-refractivity contribution in [2.45, 2.75) is 51.0 Å². The number of amides is 1. The summed E-state index contributed by atoms with van der Waals surface area (Å²) in [6.07, 6.45) is 1.81. The van der Waals surface area contributed by atoms with Crippen molar-refractivity contribution >= 4 is 21.9 Å². The Kier molecular flexibility index (Phi) is 7.37. The van der Waals surface area contributed by atoms with Crippen LogP contribution in [0.25, 0.3) is 0 Å². The van der Waals surface area contributed by atoms with E-state index in [1.54, 1.807) is 13.8 Å². The van der Waals surface area contributed by atoms with Crippen LogP contribution in [0.1, 0.15) is 49.0 Å². The monoisotopic (exact) mass is 356 g/mol. The Bertz CT molecular complexity index is 700. The molecule has 0 saturated heterocycles. The number of sulfonamides is 1. The van der Waals surface area contributed by atoms with Crippen LogP contribution >= 0.6 is 0 Å². The molecule has 0 spiro atoms. The van der Waals surface area contributed by atoms with Crippen molar-refractivity contribution in [1.82, 2.24) is 10.0 Å². The number of aryl methyl sites for hydroxylation is 1. The highest BCUT2D eigenvalue weighted by Crippen LogP contribution is 2.16. The fourth-order valence-electron chi connectivity index (χ4n) is 2.19. The van der Waals surface area contributed by atoms with Crippen LogP contribution in [0.5, 0.6) is 0 Å². The highest BCUT2D eigenvalue weighted by atomic mass is 32.2. The van der Waals surface area contributed by atoms with Gasteiger partial charge in [-0.3, -0.25) is 4.79 Å². The fraction of sp³-hybridized carbons (Fsp3) is 0.500. The molecule has 0 aliphatic heterocycles. The average Bonchev–Trinajstić information content (AvgIpc) is 2.51. The number of carboxylic acid groups (broad SMARTS) is 1. The smallest absolute Gasteiger partial charge is 0.326 e. The lowest BCUT2D eigenvalue weighted by molar-refractivity contribution is -0.139. The van der Waals surface area contributed by atoms with E-state index in [0.717, 1.165) is 6.42 Å². The molecule has 1 aromatic rings. The predicted molar refractivity (Wildman–Crippen MR) is 90.5 cm³/mol. The van der Waals surface area contributed by atoms with E-state index in [0.29, 0.717) is 18.4 Å². The average molecular weight is 356 g/mol. The molecule has 1 atom stereocenters. The van der Waals surface area contributed by atoms with Crippen LogP contribution < -0.4 is 10.0 Å². The van der Waals surface area contributed by atoms with E-state index in [1.165, 1.54) is 18.2 Å². The van der Waals surface area contributed by atoms with Gasteiger partial charge in [0.2, 0.25) is 10.0 Å². The lowest BCUT2D eigenvalue weighted by Crippen LogP contribution is -2.41. The molecule has 0 fully saturated rings. The van der Waals surface area contributed by atoms with Gasteiger partial charge in [0.15, 0.2) is 0 Å². The van der Waals surface area contributed by atoms with Crippen LogP contribution in [0, 0.1) is 6.92 Å². The standard InChI is InChI=1S/C16H24N2O5S/c1-4-6-7-14(16(20)21)18-15(19)13-10-12(9-8-11(13)3)24(22,23)17-5-2/h8-10,14,17H,4-7H2,1-3H3,(H,18,19)(H,20,21). The van der Waals surface area contributed by atoms with Gasteiger partial charge in [0, 0.05) is 12.1 Å². The number of rotatable bonds is 9. The lowest BCUT2D eigenvalue weighted by Gasteiger charge is -2.16. The molecular weight excluding hydrogens is 332 g/mol. The lowest BCUT2D eigenvalue weighted by atomic mass is 10.1. The van der Waals surface area contributed by atoms with E-state index in [-0.39, 0.29) is 17.0 Å². The second kappa shape index (κ2) is 8.79. The van der Waals surface area contributed by atoms with Crippen molar-refractivity contribution in [3.05, 3.63) is 29.3 Å². The van der Waals surface area contributed by atoms with Crippen molar-refractivity contribution in [2.24, 2.45) is 0 Å². The van der Waals surface area contributed by atoms with Crippen molar-refractivity contribution in [1.29, 1.82) is 0 Å². The first kappa shape index (κ1) is 20.1. The maximum atomic E-state index is 12.4. The maximum absolute atomic E-state index is 12.4. The second-order valence-corrected chi connectivity index (χ2v) is 7.25. The topological polar surface area (TPSA) is 113 Å². The number of hydrogen-bond donors (Lipinski definition) is 3. The Morgan fingerprint density at radius 2 is 1.92 bits per heavy atom. The molecule has 0 bridgehead atoms. The van der Waals surface area contributed by atoms with Crippen molar-refractivity contribution in [2.75, 3.05) is 6.54 Å². The first-order valence-corrected chi connectivity index (χ1v) is 9.35. The van der Waals surface area contributed by atoms with Gasteiger partial charge in [0.05, 0.1) is 4.90 Å². The maximum Gasteiger partial charge on any atom is 0.326 e. The summed E-state index contributed by atoms with van der Waals surface area (Å²) in [5, 5.41) is 11.7. The number of carbonyl (C=O) groups excluding carboxylic acids is 1. The molecule has 0 aliphatic carbocycles. The van der Waals surface area contributed by atoms with Crippen LogP contribution in [-0.2, 0) is 14.8 Å². The summed E-state index contributed by atoms with van der Waals surface area (Å²) in [6, 6.07) is 3.21. The highest BCUT2D eigenvalue weighted by molar-refractivity contribution is 7.89. The minimum absolute atomic E-state index is 0.0273. The third-order valence-corrected chi connectivity index (χ3v) is 5.09. The molecule has 1 amide bonds. The molecule has 0 aliphatic rings. The van der Waals surface area contributed by atoms with Gasteiger partial charge in [0.1, 0.15) is 6.04 Å². The number of hydrogen-bond acceptors (Lipinski definition) is 4. The summed E-state index contributed by atoms with van der Waals surface area (Å²) in [7, 11) is -3.69. The summed E-state index contributed by atoms with van der Waals surface area (Å²) in [4.78, 5) is 23.6. The van der Waals surface area contributed by atoms with Crippen LogP contribution in [0.2, 0.25) is 0 Å². The van der Waals surface area contributed by atoms with Gasteiger partial charge in [-0.05, 0) is 31.0 Å². The number of unbranched alkanes of at least 4 members (excludes halogenated alkanes) is 1. The van der Waals surface area contributed by atoms with E-state index in [4.69, 9.17) is 0 Å². The molecule has 0 saturated carbocycles. The summed E-state index contributed by atoms with van der Waals surface area (Å²) < 4.78 is 26.5. The highest BCUT2D eigenvalue weighted by Gasteiger charge is 2.22. The van der Waals surface area contributed by atoms with Crippen molar-refractivity contribution in [3.8, 4) is 0 Å². The van der Waals surface area contributed by atoms with Gasteiger partial charge in [-0.1, -0.05) is 32.8 Å². The van der Waals surface area contributed by atoms with Crippen LogP contribution in [0.4, 0.5) is 0 Å². The van der Waals surface area contributed by atoms with E-state index < -0.39 is 27.9 Å². The number of nitrogens with one attached hydrogen (secondary N) is 2. The zero-order valence-electron chi connectivity index (χ0n) is 14.1. The first-order chi connectivity index (χ1) is 11.2. The number of benzene rings is 1. The zero-order chi connectivity index (χ0) is 18.3. The van der Waals surface area contributed by atoms with Crippen molar-refractivity contribution in [3.63, 3.8) is 0 Å². The van der Waals surface area contributed by atoms with Gasteiger partial charge < -0.3 is 10.4 Å². The zero-order valence-corrected chi connectivity index (χ0v) is 14.9. The van der Waals surface area contributed by atoms with E-state index in [1.807, 2.05) is 6.92 Å². The number of carbonyl (C=O) groups is 2. The fourth-order valence-corrected chi connectivity index (χ4v) is 3.25. The van der Waals surface area contributed by atoms with Gasteiger partial charge in [-0.15, -0.1) is 0 Å². The third-order valence-electron chi connectivity index (χ3n) is 3.55. The van der Waals surface area contributed by atoms with Crippen LogP contribution in [-0.4, -0.2) is 38.0 Å². The molecular formula is C16H24N2O5S. The Morgan fingerprint density at radius 3 is 2.46 bits per heavy atom. The molecule has 1 aromatic carbocycles. The van der Waals surface area contributed by atoms with Gasteiger partial charge in [-0.25, -0.2) is 17.9 Å². The first-order valence-electron chi connectivity index (χ1n) is 7.86. The molecule has 24 heavy (non-hydrogen) atoms. The predicted octanol–water partition coefficient (Wildman–Crippen LogP) is 1.67. The molecule has 1 rings (SSSR count). The van der Waals surface area contributed by atoms with E-state index in [2.05, 4.69) is 10.0 Å². The van der Waals surface area contributed by atoms with Gasteiger partial charge >= 0.3 is 5.97 Å². The number of aliphatic carboxylic acids is 1. The molecule has 8 heteroatoms. The normalized spacial score (nSPS) is 12.6. The molecule has 7 nitrogen and oxygen atoms in total. The van der Waals surface area contributed by atoms with Crippen LogP contribution in [0.3, 0.4) is 0 Å². The molecule has 1 unspecified atom stereocenters. The Labute approximate surface area is 142 Å². The summed E-state index contributed by atoms with van der Waals surface area (Å²) >= 11 is 0. The van der Waals surface area contributed by atoms with Gasteiger partial charge in [0.25, 0.3) is 5.91 Å². The van der Waals surface area contributed by atoms with Gasteiger partial charge in [-0.2, -0.15) is 0 Å². The summed E-state index contributed by atoms with van der Waals surface area (Å²) in [6.45, 7) is 5.49. The molecule has 0 radical (unpaired) electrons. The van der Waals surface area contributed by atoms with Crippen molar-refractivity contribution < 1.29 is 23.1 Å². The summed E-state index contributed by atoms with van der Waals surface area (Å²) in [5.41, 5.74) is 0.722. The largest absolute Gasteiger partial charge is 0.480 e. The minimum Gasteiger partial charge on any atom is -0.480 e. The van der Waals surface area contributed by atoms with Crippen LogP contribution in [0.15, 0.2) is 23.1 Å². The Hall–Kier alpha value is -1.93. The van der Waals surface area contributed by atoms with E-state index >= 15 is 0 Å². The SMILES string of the molecule is CCCCC(NC(=O)c1cc(S(=O)(=O)NCC)ccc1C)C(=O)O. The Balaban J connectivity index is 3.07. The third kappa shape index (κ3) is 5.31. The number of carboxylic acids is 1. The molecule has 0 aromatic heterocycles. The summed E-state index contributed by atoms with van der Waals surface area (Å²) in [5.74, 6) is -1.70. The Morgan fingerprint density at radius 1 is 1.25 bits per heavy atom. The molecule has 134 valence electrons.